The molecule has 0 radical (unpaired) electrons. The normalized spacial score (nSPS) is 17.8. The zero-order chi connectivity index (χ0) is 14.0. The van der Waals surface area contributed by atoms with E-state index >= 15 is 0 Å². The standard InChI is InChI=1S/C15H20O3S/c1-10-6-11(2)8-12(7-10)9-19(17)14(13-4-5-13)15(16)18-3/h6-8,13-14H,4-5,9H2,1-3H3. The minimum atomic E-state index is -1.20. The first kappa shape index (κ1) is 14.3. The van der Waals surface area contributed by atoms with Crippen LogP contribution in [0.15, 0.2) is 18.2 Å². The molecule has 0 aromatic heterocycles. The lowest BCUT2D eigenvalue weighted by Crippen LogP contribution is -2.30. The summed E-state index contributed by atoms with van der Waals surface area (Å²) in [7, 11) is 0.169. The van der Waals surface area contributed by atoms with E-state index in [1.807, 2.05) is 26.0 Å². The second-order valence-electron chi connectivity index (χ2n) is 5.30. The molecule has 2 rings (SSSR count). The molecular formula is C15H20O3S. The maximum absolute atomic E-state index is 12.4. The molecule has 0 aliphatic heterocycles. The zero-order valence-electron chi connectivity index (χ0n) is 11.6. The smallest absolute Gasteiger partial charge is 0.321 e. The molecule has 2 unspecified atom stereocenters. The van der Waals surface area contributed by atoms with Gasteiger partial charge < -0.3 is 4.74 Å². The SMILES string of the molecule is COC(=O)C(C1CC1)S(=O)Cc1cc(C)cc(C)c1. The van der Waals surface area contributed by atoms with E-state index in [1.165, 1.54) is 7.11 Å². The number of aryl methyl sites for hydroxylation is 2. The van der Waals surface area contributed by atoms with Crippen LogP contribution in [-0.2, 0) is 26.1 Å². The minimum Gasteiger partial charge on any atom is -0.468 e. The van der Waals surface area contributed by atoms with Crippen LogP contribution in [0.25, 0.3) is 0 Å². The van der Waals surface area contributed by atoms with Crippen LogP contribution in [0.2, 0.25) is 0 Å². The van der Waals surface area contributed by atoms with E-state index in [2.05, 4.69) is 6.07 Å². The summed E-state index contributed by atoms with van der Waals surface area (Å²) in [6.07, 6.45) is 1.97. The van der Waals surface area contributed by atoms with Gasteiger partial charge in [-0.25, -0.2) is 0 Å². The van der Waals surface area contributed by atoms with Crippen molar-refractivity contribution >= 4 is 16.8 Å². The van der Waals surface area contributed by atoms with Gasteiger partial charge in [-0.05, 0) is 38.2 Å². The fourth-order valence-corrected chi connectivity index (χ4v) is 4.12. The van der Waals surface area contributed by atoms with Gasteiger partial charge in [-0.3, -0.25) is 9.00 Å². The Morgan fingerprint density at radius 3 is 2.37 bits per heavy atom. The highest BCUT2D eigenvalue weighted by atomic mass is 32.2. The molecule has 0 spiro atoms. The summed E-state index contributed by atoms with van der Waals surface area (Å²) in [5.74, 6) is 0.350. The highest BCUT2D eigenvalue weighted by Crippen LogP contribution is 2.36. The Bertz CT molecular complexity index is 486. The van der Waals surface area contributed by atoms with Crippen LogP contribution < -0.4 is 0 Å². The average Bonchev–Trinajstić information content (AvgIpc) is 3.11. The number of hydrogen-bond donors (Lipinski definition) is 0. The molecular weight excluding hydrogens is 260 g/mol. The number of methoxy groups -OCH3 is 1. The van der Waals surface area contributed by atoms with Crippen molar-refractivity contribution in [1.82, 2.24) is 0 Å². The lowest BCUT2D eigenvalue weighted by atomic mass is 10.1. The van der Waals surface area contributed by atoms with Gasteiger partial charge in [0.05, 0.1) is 7.11 Å². The lowest BCUT2D eigenvalue weighted by molar-refractivity contribution is -0.140. The third-order valence-corrected chi connectivity index (χ3v) is 5.12. The minimum absolute atomic E-state index is 0.249. The van der Waals surface area contributed by atoms with Crippen molar-refractivity contribution in [1.29, 1.82) is 0 Å². The molecule has 3 nitrogen and oxygen atoms in total. The van der Waals surface area contributed by atoms with E-state index < -0.39 is 16.0 Å². The maximum atomic E-state index is 12.4. The number of esters is 1. The van der Waals surface area contributed by atoms with Crippen molar-refractivity contribution in [3.8, 4) is 0 Å². The molecule has 1 aromatic rings. The summed E-state index contributed by atoms with van der Waals surface area (Å²) < 4.78 is 17.2. The first-order chi connectivity index (χ1) is 9.01. The first-order valence-electron chi connectivity index (χ1n) is 6.53. The Morgan fingerprint density at radius 2 is 1.89 bits per heavy atom. The summed E-state index contributed by atoms with van der Waals surface area (Å²) in [5.41, 5.74) is 3.35. The van der Waals surface area contributed by atoms with Crippen molar-refractivity contribution in [3.63, 3.8) is 0 Å². The van der Waals surface area contributed by atoms with Crippen LogP contribution in [0.3, 0.4) is 0 Å². The van der Waals surface area contributed by atoms with E-state index in [-0.39, 0.29) is 11.9 Å². The third kappa shape index (κ3) is 3.66. The Labute approximate surface area is 116 Å². The van der Waals surface area contributed by atoms with Gasteiger partial charge in [-0.2, -0.15) is 0 Å². The summed E-state index contributed by atoms with van der Waals surface area (Å²) in [6, 6.07) is 6.16. The van der Waals surface area contributed by atoms with Crippen molar-refractivity contribution in [2.45, 2.75) is 37.7 Å². The predicted octanol–water partition coefficient (Wildman–Crippen LogP) is 2.50. The van der Waals surface area contributed by atoms with Crippen LogP contribution >= 0.6 is 0 Å². The topological polar surface area (TPSA) is 43.4 Å². The van der Waals surface area contributed by atoms with Crippen LogP contribution in [0, 0.1) is 19.8 Å². The highest BCUT2D eigenvalue weighted by Gasteiger charge is 2.41. The molecule has 1 aliphatic rings. The number of rotatable bonds is 5. The van der Waals surface area contributed by atoms with Crippen molar-refractivity contribution < 1.29 is 13.7 Å². The van der Waals surface area contributed by atoms with Gasteiger partial charge in [-0.1, -0.05) is 29.3 Å². The Balaban J connectivity index is 2.12. The fourth-order valence-electron chi connectivity index (χ4n) is 2.44. The van der Waals surface area contributed by atoms with Gasteiger partial charge in [0.1, 0.15) is 5.25 Å². The quantitative estimate of drug-likeness (QED) is 0.778. The van der Waals surface area contributed by atoms with E-state index in [4.69, 9.17) is 4.74 Å². The largest absolute Gasteiger partial charge is 0.468 e. The van der Waals surface area contributed by atoms with Crippen LogP contribution in [0.5, 0.6) is 0 Å². The van der Waals surface area contributed by atoms with Crippen molar-refractivity contribution in [2.75, 3.05) is 7.11 Å². The van der Waals surface area contributed by atoms with E-state index in [9.17, 15) is 9.00 Å². The highest BCUT2D eigenvalue weighted by molar-refractivity contribution is 7.85. The molecule has 1 aromatic carbocycles. The van der Waals surface area contributed by atoms with E-state index in [1.54, 1.807) is 0 Å². The number of ether oxygens (including phenoxy) is 1. The second-order valence-corrected chi connectivity index (χ2v) is 6.86. The zero-order valence-corrected chi connectivity index (χ0v) is 12.5. The molecule has 0 heterocycles. The molecule has 0 bridgehead atoms. The average molecular weight is 280 g/mol. The molecule has 1 aliphatic carbocycles. The monoisotopic (exact) mass is 280 g/mol. The molecule has 104 valence electrons. The Morgan fingerprint density at radius 1 is 1.32 bits per heavy atom. The molecule has 0 saturated heterocycles. The van der Waals surface area contributed by atoms with Gasteiger partial charge in [0.15, 0.2) is 0 Å². The van der Waals surface area contributed by atoms with Gasteiger partial charge >= 0.3 is 5.97 Å². The van der Waals surface area contributed by atoms with Crippen molar-refractivity contribution in [3.05, 3.63) is 34.9 Å². The number of carbonyl (C=O) groups is 1. The van der Waals surface area contributed by atoms with Gasteiger partial charge in [0.2, 0.25) is 0 Å². The van der Waals surface area contributed by atoms with Crippen LogP contribution in [0.4, 0.5) is 0 Å². The molecule has 2 atom stereocenters. The summed E-state index contributed by atoms with van der Waals surface area (Å²) in [6.45, 7) is 4.05. The summed E-state index contributed by atoms with van der Waals surface area (Å²) in [4.78, 5) is 11.7. The Kier molecular flexibility index (Phi) is 4.40. The molecule has 1 saturated carbocycles. The molecule has 19 heavy (non-hydrogen) atoms. The molecule has 0 N–H and O–H groups in total. The lowest BCUT2D eigenvalue weighted by Gasteiger charge is -2.14. The maximum Gasteiger partial charge on any atom is 0.321 e. The molecule has 1 fully saturated rings. The fraction of sp³-hybridized carbons (Fsp3) is 0.533. The van der Waals surface area contributed by atoms with E-state index in [0.717, 1.165) is 29.5 Å². The van der Waals surface area contributed by atoms with Crippen molar-refractivity contribution in [2.24, 2.45) is 5.92 Å². The number of hydrogen-bond acceptors (Lipinski definition) is 3. The summed E-state index contributed by atoms with van der Waals surface area (Å²) >= 11 is 0. The van der Waals surface area contributed by atoms with Crippen LogP contribution in [0.1, 0.15) is 29.5 Å². The van der Waals surface area contributed by atoms with Gasteiger partial charge in [-0.15, -0.1) is 0 Å². The third-order valence-electron chi connectivity index (χ3n) is 3.36. The van der Waals surface area contributed by atoms with Crippen LogP contribution in [-0.4, -0.2) is 22.5 Å². The summed E-state index contributed by atoms with van der Waals surface area (Å²) in [5, 5.41) is -0.453. The van der Waals surface area contributed by atoms with E-state index in [0.29, 0.717) is 5.75 Å². The number of benzene rings is 1. The predicted molar refractivity (Wildman–Crippen MR) is 76.3 cm³/mol. The first-order valence-corrected chi connectivity index (χ1v) is 7.91. The Hall–Kier alpha value is -1.16. The molecule has 4 heteroatoms. The molecule has 0 amide bonds. The van der Waals surface area contributed by atoms with Gasteiger partial charge in [0, 0.05) is 16.6 Å². The second kappa shape index (κ2) is 5.87. The number of carbonyl (C=O) groups excluding carboxylic acids is 1. The van der Waals surface area contributed by atoms with Gasteiger partial charge in [0.25, 0.3) is 0 Å².